The molecular weight excluding hydrogens is 382 g/mol. The standard InChI is InChI=1S/C21H27N7O2/c1-26-11-14-9-17(19(10-16(14)25-26)27-6-3-2-4-7-27)23-20(29)18-13-30-21(24-18)28-8-5-15(22)12-28/h9-11,13,15H,2-8,12,22H2,1H3,(H,23,29)/t15-/m0/s1. The van der Waals surface area contributed by atoms with Gasteiger partial charge in [0.1, 0.15) is 6.26 Å². The van der Waals surface area contributed by atoms with Gasteiger partial charge in [-0.05, 0) is 37.8 Å². The van der Waals surface area contributed by atoms with Crippen LogP contribution < -0.4 is 20.9 Å². The van der Waals surface area contributed by atoms with Crippen molar-refractivity contribution in [1.29, 1.82) is 0 Å². The monoisotopic (exact) mass is 409 g/mol. The summed E-state index contributed by atoms with van der Waals surface area (Å²) in [5.74, 6) is -0.282. The Bertz CT molecular complexity index is 1070. The highest BCUT2D eigenvalue weighted by Gasteiger charge is 2.25. The van der Waals surface area contributed by atoms with Crippen molar-refractivity contribution >= 4 is 34.2 Å². The minimum atomic E-state index is -0.282. The highest BCUT2D eigenvalue weighted by atomic mass is 16.4. The Labute approximate surface area is 174 Å². The molecule has 9 nitrogen and oxygen atoms in total. The molecule has 4 heterocycles. The first kappa shape index (κ1) is 18.9. The van der Waals surface area contributed by atoms with Gasteiger partial charge in [-0.25, -0.2) is 0 Å². The molecule has 5 rings (SSSR count). The minimum absolute atomic E-state index is 0.118. The molecule has 2 aliphatic heterocycles. The van der Waals surface area contributed by atoms with Gasteiger partial charge in [-0.3, -0.25) is 9.48 Å². The van der Waals surface area contributed by atoms with Gasteiger partial charge in [0, 0.05) is 50.9 Å². The molecule has 9 heteroatoms. The molecule has 2 fully saturated rings. The van der Waals surface area contributed by atoms with Gasteiger partial charge in [0.15, 0.2) is 5.69 Å². The second-order valence-electron chi connectivity index (χ2n) is 8.24. The molecule has 1 amide bonds. The van der Waals surface area contributed by atoms with E-state index in [0.717, 1.165) is 61.2 Å². The largest absolute Gasteiger partial charge is 0.431 e. The van der Waals surface area contributed by atoms with Crippen LogP contribution in [-0.2, 0) is 7.05 Å². The van der Waals surface area contributed by atoms with Gasteiger partial charge in [0.2, 0.25) is 0 Å². The number of piperidine rings is 1. The number of oxazole rings is 1. The van der Waals surface area contributed by atoms with Crippen LogP contribution in [0.2, 0.25) is 0 Å². The number of anilines is 3. The van der Waals surface area contributed by atoms with Gasteiger partial charge in [-0.15, -0.1) is 0 Å². The van der Waals surface area contributed by atoms with Crippen molar-refractivity contribution in [3.8, 4) is 0 Å². The molecule has 1 atom stereocenters. The third-order valence-electron chi connectivity index (χ3n) is 5.90. The Balaban J connectivity index is 1.42. The first-order chi connectivity index (χ1) is 14.6. The van der Waals surface area contributed by atoms with E-state index in [1.807, 2.05) is 24.2 Å². The fraction of sp³-hybridized carbons (Fsp3) is 0.476. The molecule has 3 aromatic rings. The number of fused-ring (bicyclic) bond motifs is 1. The van der Waals surface area contributed by atoms with Crippen molar-refractivity contribution < 1.29 is 9.21 Å². The zero-order valence-electron chi connectivity index (χ0n) is 17.2. The number of amides is 1. The normalized spacial score (nSPS) is 19.6. The number of hydrogen-bond acceptors (Lipinski definition) is 7. The van der Waals surface area contributed by atoms with E-state index in [4.69, 9.17) is 10.2 Å². The molecule has 0 saturated carbocycles. The summed E-state index contributed by atoms with van der Waals surface area (Å²) in [4.78, 5) is 21.7. The Morgan fingerprint density at radius 3 is 2.80 bits per heavy atom. The van der Waals surface area contributed by atoms with Crippen LogP contribution in [0.25, 0.3) is 10.9 Å². The Hall–Kier alpha value is -3.07. The predicted molar refractivity (Wildman–Crippen MR) is 116 cm³/mol. The first-order valence-corrected chi connectivity index (χ1v) is 10.6. The van der Waals surface area contributed by atoms with Crippen molar-refractivity contribution in [3.05, 3.63) is 30.3 Å². The van der Waals surface area contributed by atoms with E-state index >= 15 is 0 Å². The molecule has 2 aliphatic rings. The van der Waals surface area contributed by atoms with Crippen LogP contribution in [0, 0.1) is 0 Å². The second kappa shape index (κ2) is 7.64. The van der Waals surface area contributed by atoms with Crippen LogP contribution in [-0.4, -0.2) is 52.9 Å². The molecule has 0 radical (unpaired) electrons. The van der Waals surface area contributed by atoms with E-state index in [1.54, 1.807) is 4.68 Å². The molecule has 2 aromatic heterocycles. The molecule has 3 N–H and O–H groups in total. The van der Waals surface area contributed by atoms with E-state index in [1.165, 1.54) is 12.7 Å². The summed E-state index contributed by atoms with van der Waals surface area (Å²) in [5, 5.41) is 8.58. The van der Waals surface area contributed by atoms with E-state index in [2.05, 4.69) is 26.4 Å². The van der Waals surface area contributed by atoms with Gasteiger partial charge in [0.25, 0.3) is 11.9 Å². The average molecular weight is 409 g/mol. The molecule has 0 spiro atoms. The number of aryl methyl sites for hydroxylation is 1. The fourth-order valence-electron chi connectivity index (χ4n) is 4.34. The predicted octanol–water partition coefficient (Wildman–Crippen LogP) is 2.34. The topological polar surface area (TPSA) is 105 Å². The second-order valence-corrected chi connectivity index (χ2v) is 8.24. The summed E-state index contributed by atoms with van der Waals surface area (Å²) in [6.07, 6.45) is 7.81. The van der Waals surface area contributed by atoms with Crippen LogP contribution in [0.1, 0.15) is 36.2 Å². The van der Waals surface area contributed by atoms with Crippen molar-refractivity contribution in [2.24, 2.45) is 12.8 Å². The smallest absolute Gasteiger partial charge is 0.298 e. The number of carbonyl (C=O) groups excluding carboxylic acids is 1. The first-order valence-electron chi connectivity index (χ1n) is 10.6. The lowest BCUT2D eigenvalue weighted by atomic mass is 10.1. The van der Waals surface area contributed by atoms with Gasteiger partial charge < -0.3 is 25.3 Å². The van der Waals surface area contributed by atoms with Crippen molar-refractivity contribution in [2.45, 2.75) is 31.7 Å². The van der Waals surface area contributed by atoms with Crippen molar-refractivity contribution in [1.82, 2.24) is 14.8 Å². The number of carbonyl (C=O) groups is 1. The molecule has 0 bridgehead atoms. The quantitative estimate of drug-likeness (QED) is 0.681. The molecule has 30 heavy (non-hydrogen) atoms. The summed E-state index contributed by atoms with van der Waals surface area (Å²) < 4.78 is 7.34. The van der Waals surface area contributed by atoms with Crippen LogP contribution in [0.5, 0.6) is 0 Å². The lowest BCUT2D eigenvalue weighted by molar-refractivity contribution is 0.102. The maximum absolute atomic E-state index is 13.0. The number of benzene rings is 1. The summed E-state index contributed by atoms with van der Waals surface area (Å²) in [6, 6.07) is 4.63. The van der Waals surface area contributed by atoms with E-state index < -0.39 is 0 Å². The minimum Gasteiger partial charge on any atom is -0.431 e. The summed E-state index contributed by atoms with van der Waals surface area (Å²) >= 11 is 0. The number of nitrogens with one attached hydrogen (secondary N) is 1. The average Bonchev–Trinajstić information content (AvgIpc) is 3.46. The van der Waals surface area contributed by atoms with Crippen LogP contribution in [0.3, 0.4) is 0 Å². The number of nitrogens with zero attached hydrogens (tertiary/aromatic N) is 5. The molecular formula is C21H27N7O2. The Morgan fingerprint density at radius 1 is 1.20 bits per heavy atom. The van der Waals surface area contributed by atoms with Crippen LogP contribution in [0.15, 0.2) is 29.0 Å². The number of aromatic nitrogens is 3. The SMILES string of the molecule is Cn1cc2cc(NC(=O)c3coc(N4CC[C@H](N)C4)n3)c(N3CCCCC3)cc2n1. The third-order valence-corrected chi connectivity index (χ3v) is 5.90. The zero-order chi connectivity index (χ0) is 20.7. The maximum Gasteiger partial charge on any atom is 0.298 e. The fourth-order valence-corrected chi connectivity index (χ4v) is 4.34. The summed E-state index contributed by atoms with van der Waals surface area (Å²) in [6.45, 7) is 3.44. The van der Waals surface area contributed by atoms with Gasteiger partial charge in [-0.2, -0.15) is 10.1 Å². The van der Waals surface area contributed by atoms with E-state index in [0.29, 0.717) is 12.6 Å². The number of rotatable bonds is 4. The lowest BCUT2D eigenvalue weighted by Crippen LogP contribution is -2.30. The van der Waals surface area contributed by atoms with Crippen LogP contribution in [0.4, 0.5) is 17.4 Å². The summed E-state index contributed by atoms with van der Waals surface area (Å²) in [7, 11) is 1.90. The highest BCUT2D eigenvalue weighted by molar-refractivity contribution is 6.06. The number of nitrogens with two attached hydrogens (primary N) is 1. The van der Waals surface area contributed by atoms with Crippen molar-refractivity contribution in [2.75, 3.05) is 41.3 Å². The molecule has 2 saturated heterocycles. The molecule has 0 aliphatic carbocycles. The van der Waals surface area contributed by atoms with E-state index in [-0.39, 0.29) is 17.6 Å². The Morgan fingerprint density at radius 2 is 2.03 bits per heavy atom. The lowest BCUT2D eigenvalue weighted by Gasteiger charge is -2.30. The van der Waals surface area contributed by atoms with Gasteiger partial charge in [-0.1, -0.05) is 0 Å². The highest BCUT2D eigenvalue weighted by Crippen LogP contribution is 2.33. The third kappa shape index (κ3) is 3.60. The molecule has 158 valence electrons. The zero-order valence-corrected chi connectivity index (χ0v) is 17.2. The summed E-state index contributed by atoms with van der Waals surface area (Å²) in [5.41, 5.74) is 8.93. The molecule has 1 aromatic carbocycles. The maximum atomic E-state index is 13.0. The number of hydrogen-bond donors (Lipinski definition) is 2. The van der Waals surface area contributed by atoms with Gasteiger partial charge >= 0.3 is 0 Å². The molecule has 0 unspecified atom stereocenters. The van der Waals surface area contributed by atoms with Crippen molar-refractivity contribution in [3.63, 3.8) is 0 Å². The Kier molecular flexibility index (Phi) is 4.82. The van der Waals surface area contributed by atoms with Gasteiger partial charge in [0.05, 0.1) is 16.9 Å². The van der Waals surface area contributed by atoms with E-state index in [9.17, 15) is 4.79 Å². The van der Waals surface area contributed by atoms with Crippen LogP contribution >= 0.6 is 0 Å².